The van der Waals surface area contributed by atoms with Gasteiger partial charge in [-0.15, -0.1) is 11.3 Å². The van der Waals surface area contributed by atoms with Crippen LogP contribution < -0.4 is 11.1 Å². The molecule has 1 aliphatic heterocycles. The molecule has 2 aromatic heterocycles. The number of nitrogens with two attached hydrogens (primary N) is 1. The highest BCUT2D eigenvalue weighted by atomic mass is 32.1. The van der Waals surface area contributed by atoms with Crippen LogP contribution in [0.1, 0.15) is 30.4 Å². The van der Waals surface area contributed by atoms with E-state index in [4.69, 9.17) is 5.73 Å². The number of halogens is 3. The molecule has 0 spiro atoms. The first-order valence-corrected chi connectivity index (χ1v) is 14.2. The van der Waals surface area contributed by atoms with Gasteiger partial charge in [0.05, 0.1) is 0 Å². The largest absolute Gasteiger partial charge is 0.405 e. The van der Waals surface area contributed by atoms with E-state index in [9.17, 15) is 22.8 Å². The van der Waals surface area contributed by atoms with Gasteiger partial charge in [-0.25, -0.2) is 0 Å². The lowest BCUT2D eigenvalue weighted by Gasteiger charge is -2.44. The average Bonchev–Trinajstić information content (AvgIpc) is 3.47. The van der Waals surface area contributed by atoms with Crippen molar-refractivity contribution >= 4 is 23.2 Å². The second-order valence-electron chi connectivity index (χ2n) is 10.1. The second-order valence-corrected chi connectivity index (χ2v) is 11.0. The summed E-state index contributed by atoms with van der Waals surface area (Å²) < 4.78 is 39.0. The summed E-state index contributed by atoms with van der Waals surface area (Å²) in [5, 5.41) is 4.11. The molecule has 0 radical (unpaired) electrons. The van der Waals surface area contributed by atoms with Crippen LogP contribution in [0.3, 0.4) is 0 Å². The van der Waals surface area contributed by atoms with E-state index in [-0.39, 0.29) is 19.0 Å². The fraction of sp³-hybridized carbons (Fsp3) is 0.414. The van der Waals surface area contributed by atoms with Crippen LogP contribution in [0.4, 0.5) is 13.2 Å². The van der Waals surface area contributed by atoms with E-state index in [2.05, 4.69) is 21.3 Å². The predicted octanol–water partition coefficient (Wildman–Crippen LogP) is 4.24. The van der Waals surface area contributed by atoms with Gasteiger partial charge < -0.3 is 11.1 Å². The van der Waals surface area contributed by atoms with Crippen LogP contribution in [-0.4, -0.2) is 71.0 Å². The third-order valence-electron chi connectivity index (χ3n) is 7.02. The number of piperazine rings is 1. The van der Waals surface area contributed by atoms with Crippen molar-refractivity contribution in [1.82, 2.24) is 20.1 Å². The third kappa shape index (κ3) is 8.87. The van der Waals surface area contributed by atoms with E-state index in [0.717, 1.165) is 21.6 Å². The number of carbonyl (C=O) groups is 2. The van der Waals surface area contributed by atoms with Crippen LogP contribution >= 0.6 is 11.3 Å². The first-order chi connectivity index (χ1) is 19.2. The van der Waals surface area contributed by atoms with E-state index >= 15 is 0 Å². The normalized spacial score (nSPS) is 17.4. The summed E-state index contributed by atoms with van der Waals surface area (Å²) in [7, 11) is 0. The highest BCUT2D eigenvalue weighted by Crippen LogP contribution is 2.26. The van der Waals surface area contributed by atoms with E-state index in [1.165, 1.54) is 0 Å². The molecule has 3 aromatic rings. The van der Waals surface area contributed by atoms with Crippen molar-refractivity contribution in [3.8, 4) is 10.4 Å². The summed E-state index contributed by atoms with van der Waals surface area (Å²) in [5.74, 6) is -1.05. The number of benzene rings is 1. The monoisotopic (exact) mass is 573 g/mol. The van der Waals surface area contributed by atoms with Crippen molar-refractivity contribution in [2.45, 2.75) is 50.5 Å². The molecule has 214 valence electrons. The lowest BCUT2D eigenvalue weighted by Crippen LogP contribution is -2.62. The van der Waals surface area contributed by atoms with Crippen LogP contribution in [0.15, 0.2) is 66.3 Å². The molecule has 3 N–H and O–H groups in total. The van der Waals surface area contributed by atoms with Gasteiger partial charge in [-0.1, -0.05) is 36.4 Å². The number of pyridine rings is 1. The van der Waals surface area contributed by atoms with Gasteiger partial charge in [0.2, 0.25) is 11.8 Å². The van der Waals surface area contributed by atoms with Gasteiger partial charge in [0.1, 0.15) is 12.6 Å². The summed E-state index contributed by atoms with van der Waals surface area (Å²) in [4.78, 5) is 34.2. The number of thiophene rings is 1. The molecule has 3 heterocycles. The van der Waals surface area contributed by atoms with Crippen molar-refractivity contribution in [1.29, 1.82) is 0 Å². The summed E-state index contributed by atoms with van der Waals surface area (Å²) in [5.41, 5.74) is 8.39. The number of amides is 2. The molecular weight excluding hydrogens is 539 g/mol. The van der Waals surface area contributed by atoms with Crippen LogP contribution in [0.25, 0.3) is 10.4 Å². The van der Waals surface area contributed by atoms with Crippen molar-refractivity contribution < 1.29 is 22.8 Å². The number of alkyl halides is 3. The maximum Gasteiger partial charge on any atom is 0.405 e. The fourth-order valence-corrected chi connectivity index (χ4v) is 5.87. The van der Waals surface area contributed by atoms with Crippen LogP contribution in [-0.2, 0) is 22.6 Å². The number of hydrogen-bond acceptors (Lipinski definition) is 6. The predicted molar refractivity (Wildman–Crippen MR) is 149 cm³/mol. The van der Waals surface area contributed by atoms with E-state index in [1.54, 1.807) is 23.7 Å². The molecule has 40 heavy (non-hydrogen) atoms. The average molecular weight is 574 g/mol. The summed E-state index contributed by atoms with van der Waals surface area (Å²) in [6, 6.07) is 14.9. The Hall–Kier alpha value is -3.28. The third-order valence-corrected chi connectivity index (χ3v) is 7.94. The smallest absolute Gasteiger partial charge is 0.370 e. The zero-order valence-corrected chi connectivity index (χ0v) is 23.0. The molecule has 1 aromatic carbocycles. The fourth-order valence-electron chi connectivity index (χ4n) is 5.17. The quantitative estimate of drug-likeness (QED) is 0.338. The first-order valence-electron chi connectivity index (χ1n) is 13.3. The molecule has 2 amide bonds. The van der Waals surface area contributed by atoms with Crippen LogP contribution in [0.5, 0.6) is 0 Å². The molecule has 11 heteroatoms. The van der Waals surface area contributed by atoms with Gasteiger partial charge in [-0.2, -0.15) is 13.2 Å². The highest BCUT2D eigenvalue weighted by Gasteiger charge is 2.38. The van der Waals surface area contributed by atoms with Crippen LogP contribution in [0.2, 0.25) is 0 Å². The highest BCUT2D eigenvalue weighted by molar-refractivity contribution is 7.13. The number of rotatable bonds is 12. The zero-order valence-electron chi connectivity index (χ0n) is 22.1. The molecule has 1 aliphatic rings. The number of aromatic nitrogens is 1. The Bertz CT molecular complexity index is 1240. The molecule has 0 bridgehead atoms. The van der Waals surface area contributed by atoms with Gasteiger partial charge in [-0.05, 0) is 47.9 Å². The number of hydrogen-bond donors (Lipinski definition) is 2. The molecule has 0 saturated carbocycles. The van der Waals surface area contributed by atoms with E-state index in [1.807, 2.05) is 52.7 Å². The summed E-state index contributed by atoms with van der Waals surface area (Å²) in [6.45, 7) is 0.541. The van der Waals surface area contributed by atoms with Gasteiger partial charge in [-0.3, -0.25) is 24.4 Å². The first kappa shape index (κ1) is 29.7. The maximum absolute atomic E-state index is 13.2. The molecule has 0 aliphatic carbocycles. The standard InChI is InChI=1S/C29H34F3N5O2S/c30-29(31,32)20-35-28(39)25-19-36(18-22-14-23(17-34-16-22)26-9-5-13-40-26)11-12-37(25)24(8-4-10-27(33)38)15-21-6-2-1-3-7-21/h1-3,5-7,9,13-14,16-17,24-25H,4,8,10-12,15,18-20H2,(H2,33,38)(H,35,39). The summed E-state index contributed by atoms with van der Waals surface area (Å²) >= 11 is 1.62. The van der Waals surface area contributed by atoms with Crippen molar-refractivity contribution in [3.63, 3.8) is 0 Å². The molecule has 4 rings (SSSR count). The molecule has 1 fully saturated rings. The van der Waals surface area contributed by atoms with Gasteiger partial charge in [0.15, 0.2) is 0 Å². The molecule has 2 atom stereocenters. The van der Waals surface area contributed by atoms with E-state index < -0.39 is 30.6 Å². The minimum Gasteiger partial charge on any atom is -0.370 e. The lowest BCUT2D eigenvalue weighted by atomic mass is 9.96. The SMILES string of the molecule is NC(=O)CCCC(Cc1ccccc1)N1CCN(Cc2cncc(-c3cccs3)c2)CC1C(=O)NCC(F)(F)F. The Morgan fingerprint density at radius 3 is 2.60 bits per heavy atom. The molecule has 7 nitrogen and oxygen atoms in total. The van der Waals surface area contributed by atoms with Crippen molar-refractivity contribution in [2.24, 2.45) is 5.73 Å². The molecule has 1 saturated heterocycles. The molecular formula is C29H34F3N5O2S. The lowest BCUT2D eigenvalue weighted by molar-refractivity contribution is -0.144. The minimum absolute atomic E-state index is 0.144. The maximum atomic E-state index is 13.2. The Morgan fingerprint density at radius 1 is 1.10 bits per heavy atom. The Kier molecular flexibility index (Phi) is 10.3. The minimum atomic E-state index is -4.51. The van der Waals surface area contributed by atoms with Gasteiger partial charge in [0.25, 0.3) is 0 Å². The Labute approximate surface area is 236 Å². The van der Waals surface area contributed by atoms with Crippen molar-refractivity contribution in [3.05, 3.63) is 77.4 Å². The summed E-state index contributed by atoms with van der Waals surface area (Å²) in [6.07, 6.45) is 1.02. The Morgan fingerprint density at radius 2 is 1.90 bits per heavy atom. The van der Waals surface area contributed by atoms with Crippen LogP contribution in [0, 0.1) is 0 Å². The zero-order chi connectivity index (χ0) is 28.5. The van der Waals surface area contributed by atoms with Gasteiger partial charge in [0, 0.05) is 61.5 Å². The number of nitrogens with one attached hydrogen (secondary N) is 1. The number of carbonyl (C=O) groups excluding carboxylic acids is 2. The number of primary amides is 1. The topological polar surface area (TPSA) is 91.6 Å². The molecule has 2 unspecified atom stereocenters. The van der Waals surface area contributed by atoms with E-state index in [0.29, 0.717) is 38.9 Å². The second kappa shape index (κ2) is 13.9. The van der Waals surface area contributed by atoms with Gasteiger partial charge >= 0.3 is 6.18 Å². The number of nitrogens with zero attached hydrogens (tertiary/aromatic N) is 3. The Balaban J connectivity index is 1.53. The van der Waals surface area contributed by atoms with Crippen molar-refractivity contribution in [2.75, 3.05) is 26.2 Å².